The molecule has 1 aliphatic rings. The van der Waals surface area contributed by atoms with Crippen molar-refractivity contribution in [1.82, 2.24) is 24.5 Å². The summed E-state index contributed by atoms with van der Waals surface area (Å²) in [6.45, 7) is 3.42. The molecule has 0 amide bonds. The second-order valence-electron chi connectivity index (χ2n) is 8.07. The van der Waals surface area contributed by atoms with Crippen LogP contribution in [0.3, 0.4) is 0 Å². The summed E-state index contributed by atoms with van der Waals surface area (Å²) >= 11 is 0. The average molecular weight is 401 g/mol. The molecule has 6 heteroatoms. The first-order valence-corrected chi connectivity index (χ1v) is 10.8. The molecule has 1 aliphatic heterocycles. The van der Waals surface area contributed by atoms with Gasteiger partial charge < -0.3 is 9.47 Å². The van der Waals surface area contributed by atoms with Gasteiger partial charge in [-0.1, -0.05) is 71.9 Å². The molecule has 1 saturated heterocycles. The number of rotatable bonds is 5. The van der Waals surface area contributed by atoms with E-state index in [1.54, 1.807) is 0 Å². The van der Waals surface area contributed by atoms with Crippen molar-refractivity contribution in [3.8, 4) is 0 Å². The number of hydrogen-bond donors (Lipinski definition) is 0. The van der Waals surface area contributed by atoms with Gasteiger partial charge in [-0.2, -0.15) is 0 Å². The molecule has 0 aliphatic carbocycles. The van der Waals surface area contributed by atoms with Crippen LogP contribution in [0.4, 0.5) is 0 Å². The Bertz CT molecular complexity index is 1280. The summed E-state index contributed by atoms with van der Waals surface area (Å²) in [7, 11) is 0. The van der Waals surface area contributed by atoms with Gasteiger partial charge in [0.05, 0.1) is 5.52 Å². The minimum absolute atomic E-state index is 0. The third-order valence-electron chi connectivity index (χ3n) is 6.28. The summed E-state index contributed by atoms with van der Waals surface area (Å²) in [4.78, 5) is 2.56. The summed E-state index contributed by atoms with van der Waals surface area (Å²) in [5, 5.41) is 11.6. The fourth-order valence-corrected chi connectivity index (χ4v) is 4.84. The predicted molar refractivity (Wildman–Crippen MR) is 121 cm³/mol. The zero-order chi connectivity index (χ0) is 19.9. The maximum Gasteiger partial charge on any atom is 1.00 e. The van der Waals surface area contributed by atoms with Crippen molar-refractivity contribution in [2.75, 3.05) is 19.6 Å². The van der Waals surface area contributed by atoms with E-state index in [0.717, 1.165) is 30.2 Å². The summed E-state index contributed by atoms with van der Waals surface area (Å²) < 4.78 is 4.44. The Morgan fingerprint density at radius 2 is 1.32 bits per heavy atom. The van der Waals surface area contributed by atoms with Gasteiger partial charge in [-0.3, -0.25) is 4.68 Å². The van der Waals surface area contributed by atoms with Gasteiger partial charge in [0.15, 0.2) is 0 Å². The van der Waals surface area contributed by atoms with Crippen LogP contribution in [0, 0.1) is 6.17 Å². The number of aromatic nitrogens is 4. The van der Waals surface area contributed by atoms with Crippen LogP contribution in [0.5, 0.6) is 0 Å². The molecular formula is C25H24LiN5. The molecule has 1 fully saturated rings. The molecule has 2 aromatic heterocycles. The molecule has 31 heavy (non-hydrogen) atoms. The Labute approximate surface area is 193 Å². The van der Waals surface area contributed by atoms with Crippen LogP contribution in [0.15, 0.2) is 72.8 Å². The van der Waals surface area contributed by atoms with Gasteiger partial charge >= 0.3 is 18.9 Å². The van der Waals surface area contributed by atoms with Crippen LogP contribution < -0.4 is 18.9 Å². The maximum absolute atomic E-state index is 4.60. The summed E-state index contributed by atoms with van der Waals surface area (Å²) in [5.41, 5.74) is 4.41. The van der Waals surface area contributed by atoms with Crippen molar-refractivity contribution in [3.05, 3.63) is 79.0 Å². The molecule has 0 saturated carbocycles. The number of likely N-dealkylation sites (tertiary alicyclic amines) is 1. The van der Waals surface area contributed by atoms with Crippen molar-refractivity contribution >= 4 is 32.8 Å². The molecule has 3 aromatic carbocycles. The Balaban J connectivity index is 0.00000204. The topological polar surface area (TPSA) is 38.9 Å². The van der Waals surface area contributed by atoms with E-state index in [2.05, 4.69) is 80.4 Å². The number of para-hydroxylation sites is 3. The quantitative estimate of drug-likeness (QED) is 0.334. The third kappa shape index (κ3) is 3.43. The van der Waals surface area contributed by atoms with E-state index in [0.29, 0.717) is 0 Å². The Morgan fingerprint density at radius 3 is 2.00 bits per heavy atom. The molecular weight excluding hydrogens is 377 g/mol. The molecule has 5 aromatic rings. The van der Waals surface area contributed by atoms with E-state index in [1.807, 2.05) is 16.8 Å². The molecule has 3 heterocycles. The van der Waals surface area contributed by atoms with E-state index >= 15 is 0 Å². The van der Waals surface area contributed by atoms with E-state index in [1.165, 1.54) is 47.7 Å². The van der Waals surface area contributed by atoms with E-state index in [9.17, 15) is 0 Å². The summed E-state index contributed by atoms with van der Waals surface area (Å²) in [5.74, 6) is 0. The Morgan fingerprint density at radius 1 is 0.742 bits per heavy atom. The maximum atomic E-state index is 4.60. The largest absolute Gasteiger partial charge is 1.00 e. The zero-order valence-electron chi connectivity index (χ0n) is 17.9. The number of benzene rings is 3. The number of nitrogens with zero attached hydrogens (tertiary/aromatic N) is 5. The van der Waals surface area contributed by atoms with Crippen molar-refractivity contribution in [2.24, 2.45) is 0 Å². The number of fused-ring (bicyclic) bond motifs is 4. The first kappa shape index (κ1) is 20.2. The van der Waals surface area contributed by atoms with Crippen molar-refractivity contribution < 1.29 is 18.9 Å². The van der Waals surface area contributed by atoms with Crippen LogP contribution in [0.1, 0.15) is 19.3 Å². The molecule has 0 N–H and O–H groups in total. The Hall–Kier alpha value is -2.71. The van der Waals surface area contributed by atoms with Gasteiger partial charge in [0, 0.05) is 11.7 Å². The fourth-order valence-electron chi connectivity index (χ4n) is 4.84. The van der Waals surface area contributed by atoms with Gasteiger partial charge in [-0.05, 0) is 66.8 Å². The molecule has 0 spiro atoms. The van der Waals surface area contributed by atoms with Crippen LogP contribution in [0.25, 0.3) is 32.8 Å². The van der Waals surface area contributed by atoms with Crippen LogP contribution in [0.2, 0.25) is 0 Å². The molecule has 150 valence electrons. The van der Waals surface area contributed by atoms with Crippen molar-refractivity contribution in [1.29, 1.82) is 0 Å². The molecule has 0 unspecified atom stereocenters. The van der Waals surface area contributed by atoms with Crippen LogP contribution in [-0.2, 0) is 0 Å². The van der Waals surface area contributed by atoms with Crippen molar-refractivity contribution in [3.63, 3.8) is 0 Å². The number of hydrogen-bond acceptors (Lipinski definition) is 3. The minimum atomic E-state index is 0. The Kier molecular flexibility index (Phi) is 5.50. The first-order chi connectivity index (χ1) is 14.9. The molecule has 6 rings (SSSR count). The molecule has 0 atom stereocenters. The molecule has 0 bridgehead atoms. The summed E-state index contributed by atoms with van der Waals surface area (Å²) in [6.07, 6.45) is 4.68. The molecule has 5 nitrogen and oxygen atoms in total. The van der Waals surface area contributed by atoms with Gasteiger partial charge in [0.1, 0.15) is 0 Å². The van der Waals surface area contributed by atoms with Crippen LogP contribution >= 0.6 is 0 Å². The van der Waals surface area contributed by atoms with E-state index in [-0.39, 0.29) is 18.9 Å². The summed E-state index contributed by atoms with van der Waals surface area (Å²) in [6, 6.07) is 25.6. The fraction of sp³-hybridized carbons (Fsp3) is 0.240. The van der Waals surface area contributed by atoms with E-state index < -0.39 is 0 Å². The van der Waals surface area contributed by atoms with Gasteiger partial charge in [0.25, 0.3) is 0 Å². The second-order valence-corrected chi connectivity index (χ2v) is 8.07. The molecule has 0 radical (unpaired) electrons. The van der Waals surface area contributed by atoms with Crippen molar-refractivity contribution in [2.45, 2.75) is 19.3 Å². The monoisotopic (exact) mass is 401 g/mol. The SMILES string of the molecule is [Li+].c1ccc2c(c1)nnn2[C-](CCN1CCCC1)n1c2ccccc2c2ccccc21. The third-order valence-corrected chi connectivity index (χ3v) is 6.28. The first-order valence-electron chi connectivity index (χ1n) is 10.8. The second kappa shape index (κ2) is 8.43. The normalized spacial score (nSPS) is 14.5. The van der Waals surface area contributed by atoms with Gasteiger partial charge in [-0.15, -0.1) is 5.10 Å². The average Bonchev–Trinajstić information content (AvgIpc) is 3.53. The van der Waals surface area contributed by atoms with Gasteiger partial charge in [-0.25, -0.2) is 0 Å². The zero-order valence-corrected chi connectivity index (χ0v) is 17.9. The predicted octanol–water partition coefficient (Wildman–Crippen LogP) is 1.91. The smallest absolute Gasteiger partial charge is 0.418 e. The standard InChI is InChI=1S/C25H24N5.Li/c1-4-12-22-19(9-1)20-10-2-5-13-23(20)29(22)25(15-18-28-16-7-8-17-28)30-24-14-6-3-11-21(24)26-27-30;/h1-6,9-14H,7-8,15-18H2;/q-1;+1. The minimum Gasteiger partial charge on any atom is -0.418 e. The van der Waals surface area contributed by atoms with Crippen LogP contribution in [-0.4, -0.2) is 44.1 Å². The van der Waals surface area contributed by atoms with E-state index in [4.69, 9.17) is 0 Å². The van der Waals surface area contributed by atoms with Gasteiger partial charge in [0.2, 0.25) is 0 Å².